The summed E-state index contributed by atoms with van der Waals surface area (Å²) in [5, 5.41) is 18.8. The minimum atomic E-state index is -1.12. The number of fused-ring (bicyclic) bond motifs is 1. The number of amides is 2. The molecule has 2 saturated carbocycles. The van der Waals surface area contributed by atoms with Crippen molar-refractivity contribution in [2.24, 2.45) is 23.7 Å². The van der Waals surface area contributed by atoms with Crippen LogP contribution in [0.2, 0.25) is 0 Å². The Morgan fingerprint density at radius 1 is 0.783 bits per heavy atom. The highest BCUT2D eigenvalue weighted by molar-refractivity contribution is 6.08. The van der Waals surface area contributed by atoms with Crippen molar-refractivity contribution in [1.29, 1.82) is 0 Å². The van der Waals surface area contributed by atoms with Crippen LogP contribution in [0.15, 0.2) is 0 Å². The molecular formula is C16H21NO6. The fourth-order valence-electron chi connectivity index (χ4n) is 4.55. The van der Waals surface area contributed by atoms with Gasteiger partial charge in [0.1, 0.15) is 0 Å². The zero-order valence-electron chi connectivity index (χ0n) is 12.8. The lowest BCUT2D eigenvalue weighted by molar-refractivity contribution is -0.157. The van der Waals surface area contributed by atoms with E-state index in [9.17, 15) is 29.4 Å². The number of likely N-dealkylation sites (tertiary alicyclic amines) is 1. The second-order valence-corrected chi connectivity index (χ2v) is 6.86. The first kappa shape index (κ1) is 16.0. The van der Waals surface area contributed by atoms with Gasteiger partial charge in [-0.2, -0.15) is 0 Å². The molecule has 0 aromatic heterocycles. The molecule has 4 unspecified atom stereocenters. The molecule has 2 amide bonds. The average Bonchev–Trinajstić information content (AvgIpc) is 2.79. The minimum absolute atomic E-state index is 0.130. The smallest absolute Gasteiger partial charge is 0.307 e. The van der Waals surface area contributed by atoms with E-state index < -0.39 is 47.4 Å². The Labute approximate surface area is 133 Å². The molecule has 2 N–H and O–H groups in total. The van der Waals surface area contributed by atoms with E-state index in [0.717, 1.165) is 32.1 Å². The molecule has 0 aromatic carbocycles. The van der Waals surface area contributed by atoms with Gasteiger partial charge in [-0.1, -0.05) is 19.3 Å². The number of aliphatic carboxylic acids is 2. The molecule has 0 aromatic rings. The van der Waals surface area contributed by atoms with E-state index in [1.54, 1.807) is 0 Å². The van der Waals surface area contributed by atoms with Crippen LogP contribution in [0, 0.1) is 23.7 Å². The first-order chi connectivity index (χ1) is 10.9. The third-order valence-corrected chi connectivity index (χ3v) is 5.66. The van der Waals surface area contributed by atoms with Crippen molar-refractivity contribution in [2.75, 3.05) is 0 Å². The monoisotopic (exact) mass is 323 g/mol. The van der Waals surface area contributed by atoms with Crippen molar-refractivity contribution in [3.8, 4) is 0 Å². The van der Waals surface area contributed by atoms with Crippen LogP contribution in [0.1, 0.15) is 44.9 Å². The average molecular weight is 323 g/mol. The Morgan fingerprint density at radius 3 is 1.61 bits per heavy atom. The van der Waals surface area contributed by atoms with E-state index >= 15 is 0 Å². The Balaban J connectivity index is 1.95. The van der Waals surface area contributed by atoms with E-state index in [2.05, 4.69) is 0 Å². The molecule has 7 heteroatoms. The van der Waals surface area contributed by atoms with Crippen LogP contribution in [-0.4, -0.2) is 44.9 Å². The quantitative estimate of drug-likeness (QED) is 0.753. The highest BCUT2D eigenvalue weighted by atomic mass is 16.4. The normalized spacial score (nSPS) is 35.2. The zero-order valence-corrected chi connectivity index (χ0v) is 12.8. The van der Waals surface area contributed by atoms with Gasteiger partial charge < -0.3 is 10.2 Å². The van der Waals surface area contributed by atoms with Gasteiger partial charge in [-0.3, -0.25) is 24.1 Å². The van der Waals surface area contributed by atoms with Gasteiger partial charge in [-0.05, 0) is 25.7 Å². The van der Waals surface area contributed by atoms with Crippen LogP contribution in [0.3, 0.4) is 0 Å². The summed E-state index contributed by atoms with van der Waals surface area (Å²) < 4.78 is 0. The highest BCUT2D eigenvalue weighted by Gasteiger charge is 2.60. The summed E-state index contributed by atoms with van der Waals surface area (Å²) in [6, 6.07) is -0.196. The summed E-state index contributed by atoms with van der Waals surface area (Å²) in [4.78, 5) is 49.7. The second kappa shape index (κ2) is 5.94. The maximum absolute atomic E-state index is 12.8. The van der Waals surface area contributed by atoms with Crippen LogP contribution in [0.4, 0.5) is 0 Å². The molecule has 1 saturated heterocycles. The molecule has 4 atom stereocenters. The van der Waals surface area contributed by atoms with Gasteiger partial charge in [0.25, 0.3) is 0 Å². The molecule has 0 radical (unpaired) electrons. The number of carboxylic acid groups (broad SMARTS) is 2. The Bertz CT molecular complexity index is 513. The standard InChI is InChI=1S/C16H21NO6/c18-13-11-9(15(20)21)6-7-10(16(22)23)12(11)14(19)17(13)8-4-2-1-3-5-8/h8-12H,1-7H2,(H,20,21)(H,22,23). The second-order valence-electron chi connectivity index (χ2n) is 6.86. The predicted molar refractivity (Wildman–Crippen MR) is 77.2 cm³/mol. The summed E-state index contributed by atoms with van der Waals surface area (Å²) in [6.07, 6.45) is 4.65. The minimum Gasteiger partial charge on any atom is -0.481 e. The van der Waals surface area contributed by atoms with E-state index in [1.165, 1.54) is 4.90 Å². The van der Waals surface area contributed by atoms with E-state index in [-0.39, 0.29) is 18.9 Å². The summed E-state index contributed by atoms with van der Waals surface area (Å²) in [5.41, 5.74) is 0. The molecule has 23 heavy (non-hydrogen) atoms. The predicted octanol–water partition coefficient (Wildman–Crippen LogP) is 1.12. The third kappa shape index (κ3) is 2.52. The van der Waals surface area contributed by atoms with Gasteiger partial charge in [0.05, 0.1) is 23.7 Å². The van der Waals surface area contributed by atoms with Gasteiger partial charge in [0.15, 0.2) is 0 Å². The van der Waals surface area contributed by atoms with Gasteiger partial charge >= 0.3 is 11.9 Å². The van der Waals surface area contributed by atoms with Crippen molar-refractivity contribution in [1.82, 2.24) is 4.90 Å². The Hall–Kier alpha value is -1.92. The molecular weight excluding hydrogens is 302 g/mol. The Kier molecular flexibility index (Phi) is 4.12. The number of carboxylic acids is 2. The number of hydrogen-bond donors (Lipinski definition) is 2. The lowest BCUT2D eigenvalue weighted by Crippen LogP contribution is -2.42. The van der Waals surface area contributed by atoms with Crippen LogP contribution in [0.25, 0.3) is 0 Å². The first-order valence-electron chi connectivity index (χ1n) is 8.26. The molecule has 3 fully saturated rings. The molecule has 1 heterocycles. The maximum atomic E-state index is 12.8. The topological polar surface area (TPSA) is 112 Å². The van der Waals surface area contributed by atoms with Gasteiger partial charge in [0.2, 0.25) is 11.8 Å². The third-order valence-electron chi connectivity index (χ3n) is 5.66. The molecule has 3 rings (SSSR count). The molecule has 0 bridgehead atoms. The number of nitrogens with zero attached hydrogens (tertiary/aromatic N) is 1. The van der Waals surface area contributed by atoms with E-state index in [1.807, 2.05) is 0 Å². The number of rotatable bonds is 3. The number of carbonyl (C=O) groups excluding carboxylic acids is 2. The SMILES string of the molecule is O=C(O)C1CCC(C(=O)O)C2C(=O)N(C3CCCCC3)C(=O)C12. The van der Waals surface area contributed by atoms with Crippen molar-refractivity contribution in [3.05, 3.63) is 0 Å². The molecule has 126 valence electrons. The Morgan fingerprint density at radius 2 is 1.22 bits per heavy atom. The maximum Gasteiger partial charge on any atom is 0.307 e. The summed E-state index contributed by atoms with van der Waals surface area (Å²) >= 11 is 0. The van der Waals surface area contributed by atoms with Crippen molar-refractivity contribution >= 4 is 23.8 Å². The number of imide groups is 1. The molecule has 2 aliphatic carbocycles. The molecule has 1 aliphatic heterocycles. The van der Waals surface area contributed by atoms with Crippen LogP contribution >= 0.6 is 0 Å². The number of hydrogen-bond acceptors (Lipinski definition) is 4. The largest absolute Gasteiger partial charge is 0.481 e. The van der Waals surface area contributed by atoms with Crippen LogP contribution in [0.5, 0.6) is 0 Å². The lowest BCUT2D eigenvalue weighted by Gasteiger charge is -2.31. The van der Waals surface area contributed by atoms with Crippen molar-refractivity contribution in [2.45, 2.75) is 51.0 Å². The first-order valence-corrected chi connectivity index (χ1v) is 8.26. The van der Waals surface area contributed by atoms with Crippen molar-refractivity contribution < 1.29 is 29.4 Å². The van der Waals surface area contributed by atoms with E-state index in [0.29, 0.717) is 0 Å². The highest BCUT2D eigenvalue weighted by Crippen LogP contribution is 2.46. The summed E-state index contributed by atoms with van der Waals surface area (Å²) in [6.45, 7) is 0. The van der Waals surface area contributed by atoms with Gasteiger partial charge in [-0.25, -0.2) is 0 Å². The van der Waals surface area contributed by atoms with Gasteiger partial charge in [-0.15, -0.1) is 0 Å². The fourth-order valence-corrected chi connectivity index (χ4v) is 4.55. The van der Waals surface area contributed by atoms with Crippen LogP contribution < -0.4 is 0 Å². The van der Waals surface area contributed by atoms with Crippen molar-refractivity contribution in [3.63, 3.8) is 0 Å². The molecule has 3 aliphatic rings. The fraction of sp³-hybridized carbons (Fsp3) is 0.750. The number of carbonyl (C=O) groups is 4. The van der Waals surface area contributed by atoms with Crippen LogP contribution in [-0.2, 0) is 19.2 Å². The van der Waals surface area contributed by atoms with E-state index in [4.69, 9.17) is 0 Å². The summed E-state index contributed by atoms with van der Waals surface area (Å²) in [5.74, 6) is -7.11. The molecule has 7 nitrogen and oxygen atoms in total. The van der Waals surface area contributed by atoms with Gasteiger partial charge in [0, 0.05) is 6.04 Å². The summed E-state index contributed by atoms with van der Waals surface area (Å²) in [7, 11) is 0. The molecule has 0 spiro atoms. The zero-order chi connectivity index (χ0) is 16.7. The lowest BCUT2D eigenvalue weighted by atomic mass is 9.67.